The maximum atomic E-state index is 12.1. The lowest BCUT2D eigenvalue weighted by molar-refractivity contribution is -0.126. The van der Waals surface area contributed by atoms with Crippen LogP contribution in [0.3, 0.4) is 0 Å². The molecule has 0 aliphatic carbocycles. The van der Waals surface area contributed by atoms with Crippen molar-refractivity contribution in [2.24, 2.45) is 13.0 Å². The topological polar surface area (TPSA) is 42.3 Å². The van der Waals surface area contributed by atoms with Crippen molar-refractivity contribution in [2.75, 3.05) is 19.6 Å². The highest BCUT2D eigenvalue weighted by Gasteiger charge is 2.26. The minimum Gasteiger partial charge on any atom is -0.357 e. The van der Waals surface area contributed by atoms with Crippen LogP contribution in [0.5, 0.6) is 0 Å². The maximum absolute atomic E-state index is 12.1. The SMILES string of the molecule is CCC1CN(CC(=O)c2ccn(C)c2)CCC1=O. The van der Waals surface area contributed by atoms with Gasteiger partial charge < -0.3 is 4.57 Å². The number of piperidine rings is 1. The normalized spacial score (nSPS) is 21.2. The van der Waals surface area contributed by atoms with Gasteiger partial charge in [-0.15, -0.1) is 0 Å². The van der Waals surface area contributed by atoms with Crippen LogP contribution in [0.25, 0.3) is 0 Å². The van der Waals surface area contributed by atoms with E-state index in [9.17, 15) is 9.59 Å². The second kappa shape index (κ2) is 5.48. The molecule has 0 bridgehead atoms. The van der Waals surface area contributed by atoms with Crippen LogP contribution < -0.4 is 0 Å². The molecule has 0 saturated carbocycles. The molecule has 1 fully saturated rings. The van der Waals surface area contributed by atoms with Crippen molar-refractivity contribution in [3.8, 4) is 0 Å². The third-order valence-corrected chi connectivity index (χ3v) is 3.62. The Morgan fingerprint density at radius 2 is 2.28 bits per heavy atom. The predicted molar refractivity (Wildman–Crippen MR) is 69.6 cm³/mol. The summed E-state index contributed by atoms with van der Waals surface area (Å²) in [6.45, 7) is 3.90. The number of carbonyl (C=O) groups is 2. The Hall–Kier alpha value is -1.42. The number of nitrogens with zero attached hydrogens (tertiary/aromatic N) is 2. The Morgan fingerprint density at radius 1 is 1.50 bits per heavy atom. The first kappa shape index (κ1) is 13.0. The van der Waals surface area contributed by atoms with Gasteiger partial charge in [0.15, 0.2) is 5.78 Å². The van der Waals surface area contributed by atoms with Gasteiger partial charge in [-0.1, -0.05) is 6.92 Å². The van der Waals surface area contributed by atoms with Crippen molar-refractivity contribution in [2.45, 2.75) is 19.8 Å². The number of Topliss-reactive ketones (excluding diaryl/α,β-unsaturated/α-hetero) is 2. The number of likely N-dealkylation sites (tertiary alicyclic amines) is 1. The number of aromatic nitrogens is 1. The summed E-state index contributed by atoms with van der Waals surface area (Å²) in [7, 11) is 1.91. The van der Waals surface area contributed by atoms with E-state index in [1.807, 2.05) is 37.0 Å². The van der Waals surface area contributed by atoms with E-state index in [1.54, 1.807) is 0 Å². The van der Waals surface area contributed by atoms with Gasteiger partial charge in [-0.3, -0.25) is 14.5 Å². The van der Waals surface area contributed by atoms with Gasteiger partial charge in [0.05, 0.1) is 6.54 Å². The first-order chi connectivity index (χ1) is 8.60. The van der Waals surface area contributed by atoms with Gasteiger partial charge >= 0.3 is 0 Å². The fourth-order valence-corrected chi connectivity index (χ4v) is 2.44. The van der Waals surface area contributed by atoms with Gasteiger partial charge in [0.2, 0.25) is 0 Å². The molecule has 98 valence electrons. The zero-order valence-corrected chi connectivity index (χ0v) is 11.1. The smallest absolute Gasteiger partial charge is 0.178 e. The van der Waals surface area contributed by atoms with E-state index in [-0.39, 0.29) is 11.7 Å². The molecule has 0 amide bonds. The minimum absolute atomic E-state index is 0.113. The third-order valence-electron chi connectivity index (χ3n) is 3.62. The summed E-state index contributed by atoms with van der Waals surface area (Å²) in [5, 5.41) is 0. The van der Waals surface area contributed by atoms with Crippen molar-refractivity contribution >= 4 is 11.6 Å². The Morgan fingerprint density at radius 3 is 2.89 bits per heavy atom. The molecular weight excluding hydrogens is 228 g/mol. The lowest BCUT2D eigenvalue weighted by Crippen LogP contribution is -2.42. The third kappa shape index (κ3) is 2.88. The lowest BCUT2D eigenvalue weighted by atomic mass is 9.94. The van der Waals surface area contributed by atoms with Crippen LogP contribution in [0, 0.1) is 5.92 Å². The summed E-state index contributed by atoms with van der Waals surface area (Å²) in [6, 6.07) is 1.84. The zero-order chi connectivity index (χ0) is 13.1. The molecule has 0 radical (unpaired) electrons. The number of carbonyl (C=O) groups excluding carboxylic acids is 2. The number of rotatable bonds is 4. The Balaban J connectivity index is 1.94. The van der Waals surface area contributed by atoms with Crippen LogP contribution in [0.1, 0.15) is 30.1 Å². The van der Waals surface area contributed by atoms with E-state index in [0.717, 1.165) is 18.5 Å². The number of hydrogen-bond acceptors (Lipinski definition) is 3. The summed E-state index contributed by atoms with van der Waals surface area (Å²) < 4.78 is 1.88. The van der Waals surface area contributed by atoms with Crippen molar-refractivity contribution < 1.29 is 9.59 Å². The van der Waals surface area contributed by atoms with E-state index < -0.39 is 0 Å². The van der Waals surface area contributed by atoms with Gasteiger partial charge in [-0.05, 0) is 12.5 Å². The van der Waals surface area contributed by atoms with E-state index in [2.05, 4.69) is 4.90 Å². The molecule has 0 aromatic carbocycles. The van der Waals surface area contributed by atoms with E-state index in [0.29, 0.717) is 25.3 Å². The van der Waals surface area contributed by atoms with Crippen LogP contribution in [0.4, 0.5) is 0 Å². The quantitative estimate of drug-likeness (QED) is 0.758. The minimum atomic E-state index is 0.113. The van der Waals surface area contributed by atoms with E-state index >= 15 is 0 Å². The van der Waals surface area contributed by atoms with Crippen LogP contribution >= 0.6 is 0 Å². The molecule has 18 heavy (non-hydrogen) atoms. The van der Waals surface area contributed by atoms with E-state index in [4.69, 9.17) is 0 Å². The second-order valence-electron chi connectivity index (χ2n) is 5.05. The van der Waals surface area contributed by atoms with Crippen LogP contribution in [0.2, 0.25) is 0 Å². The number of aryl methyl sites for hydroxylation is 1. The first-order valence-corrected chi connectivity index (χ1v) is 6.50. The zero-order valence-electron chi connectivity index (χ0n) is 11.1. The summed E-state index contributed by atoms with van der Waals surface area (Å²) in [4.78, 5) is 25.8. The molecule has 1 unspecified atom stereocenters. The molecule has 2 heterocycles. The molecular formula is C14H20N2O2. The molecule has 1 atom stereocenters. The molecule has 2 rings (SSSR count). The highest BCUT2D eigenvalue weighted by Crippen LogP contribution is 2.16. The van der Waals surface area contributed by atoms with Crippen molar-refractivity contribution in [1.29, 1.82) is 0 Å². The van der Waals surface area contributed by atoms with Crippen LogP contribution in [0.15, 0.2) is 18.5 Å². The van der Waals surface area contributed by atoms with E-state index in [1.165, 1.54) is 0 Å². The van der Waals surface area contributed by atoms with Gasteiger partial charge in [0.25, 0.3) is 0 Å². The van der Waals surface area contributed by atoms with Gasteiger partial charge in [0.1, 0.15) is 5.78 Å². The van der Waals surface area contributed by atoms with Gasteiger partial charge in [-0.25, -0.2) is 0 Å². The molecule has 1 aliphatic heterocycles. The Labute approximate surface area is 108 Å². The summed E-state index contributed by atoms with van der Waals surface area (Å²) in [6.07, 6.45) is 5.17. The largest absolute Gasteiger partial charge is 0.357 e. The number of hydrogen-bond donors (Lipinski definition) is 0. The molecule has 1 saturated heterocycles. The average molecular weight is 248 g/mol. The summed E-state index contributed by atoms with van der Waals surface area (Å²) in [5.41, 5.74) is 0.752. The molecule has 0 spiro atoms. The lowest BCUT2D eigenvalue weighted by Gasteiger charge is -2.30. The van der Waals surface area contributed by atoms with Crippen molar-refractivity contribution in [3.05, 3.63) is 24.0 Å². The Kier molecular flexibility index (Phi) is 3.97. The van der Waals surface area contributed by atoms with Gasteiger partial charge in [0, 0.05) is 50.4 Å². The molecule has 1 aliphatic rings. The van der Waals surface area contributed by atoms with Crippen molar-refractivity contribution in [3.63, 3.8) is 0 Å². The van der Waals surface area contributed by atoms with Crippen LogP contribution in [-0.4, -0.2) is 40.7 Å². The standard InChI is InChI=1S/C14H20N2O2/c1-3-11-9-16(7-5-13(11)17)10-14(18)12-4-6-15(2)8-12/h4,6,8,11H,3,5,7,9-10H2,1-2H3. The molecule has 1 aromatic rings. The monoisotopic (exact) mass is 248 g/mol. The highest BCUT2D eigenvalue weighted by molar-refractivity contribution is 5.97. The highest BCUT2D eigenvalue weighted by atomic mass is 16.1. The fourth-order valence-electron chi connectivity index (χ4n) is 2.44. The molecule has 1 aromatic heterocycles. The van der Waals surface area contributed by atoms with Gasteiger partial charge in [-0.2, -0.15) is 0 Å². The predicted octanol–water partition coefficient (Wildman–Crippen LogP) is 1.51. The first-order valence-electron chi connectivity index (χ1n) is 6.50. The molecule has 4 nitrogen and oxygen atoms in total. The molecule has 0 N–H and O–H groups in total. The van der Waals surface area contributed by atoms with Crippen LogP contribution in [-0.2, 0) is 11.8 Å². The Bertz CT molecular complexity index is 450. The average Bonchev–Trinajstić information content (AvgIpc) is 2.78. The molecule has 4 heteroatoms. The second-order valence-corrected chi connectivity index (χ2v) is 5.05. The maximum Gasteiger partial charge on any atom is 0.178 e. The van der Waals surface area contributed by atoms with Crippen molar-refractivity contribution in [1.82, 2.24) is 9.47 Å². The summed E-state index contributed by atoms with van der Waals surface area (Å²) in [5.74, 6) is 0.600. The number of ketones is 2. The summed E-state index contributed by atoms with van der Waals surface area (Å²) >= 11 is 0. The fraction of sp³-hybridized carbons (Fsp3) is 0.571.